The summed E-state index contributed by atoms with van der Waals surface area (Å²) in [6.07, 6.45) is 0. The molecule has 0 amide bonds. The Balaban J connectivity index is 0.878. The number of nitrogens with zero attached hydrogens (tertiary/aromatic N) is 4. The van der Waals surface area contributed by atoms with Crippen molar-refractivity contribution < 1.29 is 0 Å². The fraction of sp³-hybridized carbons (Fsp3) is 0. The molecule has 298 valence electrons. The van der Waals surface area contributed by atoms with Gasteiger partial charge in [0.05, 0.1) is 44.8 Å². The molecule has 0 unspecified atom stereocenters. The van der Waals surface area contributed by atoms with Crippen LogP contribution in [0.3, 0.4) is 0 Å². The molecule has 0 bridgehead atoms. The second-order valence-corrected chi connectivity index (χ2v) is 16.3. The molecule has 0 aliphatic heterocycles. The Bertz CT molecular complexity index is 3480. The molecule has 12 rings (SSSR count). The average Bonchev–Trinajstić information content (AvgIpc) is 3.38. The number of pyridine rings is 4. The minimum absolute atomic E-state index is 0.890. The van der Waals surface area contributed by atoms with Crippen molar-refractivity contribution in [3.05, 3.63) is 231 Å². The zero-order chi connectivity index (χ0) is 42.4. The van der Waals surface area contributed by atoms with Crippen molar-refractivity contribution in [2.24, 2.45) is 0 Å². The molecule has 4 heterocycles. The lowest BCUT2D eigenvalue weighted by Crippen LogP contribution is -1.92. The fourth-order valence-electron chi connectivity index (χ4n) is 8.87. The van der Waals surface area contributed by atoms with Crippen LogP contribution in [0.1, 0.15) is 0 Å². The number of benzene rings is 8. The van der Waals surface area contributed by atoms with Gasteiger partial charge >= 0.3 is 0 Å². The van der Waals surface area contributed by atoms with Crippen LogP contribution in [-0.2, 0) is 0 Å². The zero-order valence-electron chi connectivity index (χ0n) is 34.7. The molecule has 12 aromatic rings. The Morgan fingerprint density at radius 2 is 0.391 bits per heavy atom. The number of fused-ring (bicyclic) bond motifs is 6. The fourth-order valence-corrected chi connectivity index (χ4v) is 8.87. The molecule has 4 aromatic heterocycles. The van der Waals surface area contributed by atoms with Gasteiger partial charge < -0.3 is 0 Å². The van der Waals surface area contributed by atoms with E-state index in [1.807, 2.05) is 12.1 Å². The summed E-state index contributed by atoms with van der Waals surface area (Å²) in [7, 11) is 0. The summed E-state index contributed by atoms with van der Waals surface area (Å²) >= 11 is 0. The number of rotatable bonds is 7. The van der Waals surface area contributed by atoms with Gasteiger partial charge in [0.1, 0.15) is 0 Å². The van der Waals surface area contributed by atoms with Crippen molar-refractivity contribution in [2.75, 3.05) is 0 Å². The lowest BCUT2D eigenvalue weighted by molar-refractivity contribution is 1.36. The van der Waals surface area contributed by atoms with E-state index >= 15 is 0 Å². The van der Waals surface area contributed by atoms with Crippen LogP contribution in [0.4, 0.5) is 0 Å². The van der Waals surface area contributed by atoms with Crippen molar-refractivity contribution in [3.8, 4) is 78.4 Å². The maximum Gasteiger partial charge on any atom is 0.0972 e. The van der Waals surface area contributed by atoms with Crippen LogP contribution >= 0.6 is 0 Å². The Morgan fingerprint density at radius 3 is 0.672 bits per heavy atom. The third-order valence-corrected chi connectivity index (χ3v) is 12.2. The quantitative estimate of drug-likeness (QED) is 0.150. The standard InChI is InChI=1S/C60H38N4/c1-3-11-39(12-4-1)45-15-7-19-49(35-45)53-31-27-41-23-25-43-29-33-55(63-59(43)57(41)61-53)51-21-9-17-47(37-51)48-18-10-22-52(38-48)56-34-30-44-26-24-42-28-32-54(62-58(42)60(44)64-56)50-20-8-16-46(36-50)40-13-5-2-6-14-40/h1-38H. The topological polar surface area (TPSA) is 51.6 Å². The van der Waals surface area contributed by atoms with Crippen LogP contribution in [0.25, 0.3) is 122 Å². The molecule has 4 nitrogen and oxygen atoms in total. The smallest absolute Gasteiger partial charge is 0.0972 e. The van der Waals surface area contributed by atoms with E-state index in [0.717, 1.165) is 99.8 Å². The van der Waals surface area contributed by atoms with Gasteiger partial charge in [0, 0.05) is 43.8 Å². The average molecular weight is 815 g/mol. The summed E-state index contributed by atoms with van der Waals surface area (Å²) < 4.78 is 0. The van der Waals surface area contributed by atoms with E-state index in [-0.39, 0.29) is 0 Å². The number of aromatic nitrogens is 4. The molecule has 0 N–H and O–H groups in total. The van der Waals surface area contributed by atoms with Gasteiger partial charge in [-0.15, -0.1) is 0 Å². The van der Waals surface area contributed by atoms with Crippen LogP contribution < -0.4 is 0 Å². The van der Waals surface area contributed by atoms with Crippen LogP contribution in [0.5, 0.6) is 0 Å². The molecule has 0 spiro atoms. The highest BCUT2D eigenvalue weighted by molar-refractivity contribution is 6.05. The maximum atomic E-state index is 5.29. The molecule has 0 saturated carbocycles. The molecule has 0 saturated heterocycles. The van der Waals surface area contributed by atoms with Crippen LogP contribution in [0.15, 0.2) is 231 Å². The molecule has 0 radical (unpaired) electrons. The van der Waals surface area contributed by atoms with Crippen molar-refractivity contribution in [3.63, 3.8) is 0 Å². The third-order valence-electron chi connectivity index (χ3n) is 12.2. The van der Waals surface area contributed by atoms with Crippen molar-refractivity contribution in [2.45, 2.75) is 0 Å². The van der Waals surface area contributed by atoms with Crippen molar-refractivity contribution >= 4 is 43.6 Å². The summed E-state index contributed by atoms with van der Waals surface area (Å²) in [6.45, 7) is 0. The summed E-state index contributed by atoms with van der Waals surface area (Å²) in [5.41, 5.74) is 18.4. The second kappa shape index (κ2) is 15.7. The van der Waals surface area contributed by atoms with E-state index in [2.05, 4.69) is 218 Å². The minimum atomic E-state index is 0.890. The Hall–Kier alpha value is -8.60. The summed E-state index contributed by atoms with van der Waals surface area (Å²) in [5.74, 6) is 0. The molecule has 0 aliphatic carbocycles. The van der Waals surface area contributed by atoms with Gasteiger partial charge in [-0.2, -0.15) is 0 Å². The minimum Gasteiger partial charge on any atom is -0.245 e. The molecule has 8 aromatic carbocycles. The van der Waals surface area contributed by atoms with E-state index in [0.29, 0.717) is 0 Å². The predicted molar refractivity (Wildman–Crippen MR) is 266 cm³/mol. The SMILES string of the molecule is c1ccc(-c2cccc(-c3ccc4ccc5ccc(-c6cccc(-c7cccc(-c8ccc9ccc%10ccc(-c%11cccc(-c%12ccccc%12)c%11)nc%10c9n8)c7)c6)nc5c4n3)c2)cc1. The highest BCUT2D eigenvalue weighted by Crippen LogP contribution is 2.35. The second-order valence-electron chi connectivity index (χ2n) is 16.3. The largest absolute Gasteiger partial charge is 0.245 e. The van der Waals surface area contributed by atoms with Crippen LogP contribution in [0, 0.1) is 0 Å². The van der Waals surface area contributed by atoms with Crippen molar-refractivity contribution in [1.29, 1.82) is 0 Å². The lowest BCUT2D eigenvalue weighted by Gasteiger charge is -2.11. The zero-order valence-corrected chi connectivity index (χ0v) is 34.7. The van der Waals surface area contributed by atoms with E-state index < -0.39 is 0 Å². The maximum absolute atomic E-state index is 5.29. The molecular weight excluding hydrogens is 777 g/mol. The predicted octanol–water partition coefficient (Wildman–Crippen LogP) is 15.5. The normalized spacial score (nSPS) is 11.4. The lowest BCUT2D eigenvalue weighted by atomic mass is 9.98. The van der Waals surface area contributed by atoms with Gasteiger partial charge in [0.15, 0.2) is 0 Å². The Labute approximate surface area is 370 Å². The monoisotopic (exact) mass is 814 g/mol. The third kappa shape index (κ3) is 6.94. The van der Waals surface area contributed by atoms with Crippen molar-refractivity contribution in [1.82, 2.24) is 19.9 Å². The highest BCUT2D eigenvalue weighted by Gasteiger charge is 2.13. The van der Waals surface area contributed by atoms with Gasteiger partial charge in [-0.1, -0.05) is 182 Å². The first-order chi connectivity index (χ1) is 31.7. The molecule has 0 atom stereocenters. The first kappa shape index (κ1) is 37.2. The molecule has 4 heteroatoms. The van der Waals surface area contributed by atoms with Crippen LogP contribution in [-0.4, -0.2) is 19.9 Å². The molecule has 0 aliphatic rings. The first-order valence-corrected chi connectivity index (χ1v) is 21.6. The summed E-state index contributed by atoms with van der Waals surface area (Å²) in [4.78, 5) is 21.1. The van der Waals surface area contributed by atoms with Gasteiger partial charge in [-0.05, 0) is 81.9 Å². The van der Waals surface area contributed by atoms with E-state index in [1.54, 1.807) is 0 Å². The van der Waals surface area contributed by atoms with E-state index in [4.69, 9.17) is 19.9 Å². The molecular formula is C60H38N4. The number of hydrogen-bond acceptors (Lipinski definition) is 4. The summed E-state index contributed by atoms with van der Waals surface area (Å²) in [5, 5.41) is 4.24. The number of hydrogen-bond donors (Lipinski definition) is 0. The van der Waals surface area contributed by atoms with Gasteiger partial charge in [-0.3, -0.25) is 0 Å². The van der Waals surface area contributed by atoms with Crippen LogP contribution in [0.2, 0.25) is 0 Å². The first-order valence-electron chi connectivity index (χ1n) is 21.6. The van der Waals surface area contributed by atoms with Gasteiger partial charge in [0.2, 0.25) is 0 Å². The molecule has 0 fully saturated rings. The Morgan fingerprint density at radius 1 is 0.172 bits per heavy atom. The summed E-state index contributed by atoms with van der Waals surface area (Å²) in [6, 6.07) is 81.0. The Kier molecular flexibility index (Phi) is 9.12. The van der Waals surface area contributed by atoms with Gasteiger partial charge in [-0.25, -0.2) is 19.9 Å². The molecule has 64 heavy (non-hydrogen) atoms. The van der Waals surface area contributed by atoms with E-state index in [1.165, 1.54) is 22.3 Å². The highest BCUT2D eigenvalue weighted by atomic mass is 14.8. The van der Waals surface area contributed by atoms with E-state index in [9.17, 15) is 0 Å². The van der Waals surface area contributed by atoms with Gasteiger partial charge in [0.25, 0.3) is 0 Å².